The molecule has 2 atom stereocenters. The van der Waals surface area contributed by atoms with Crippen molar-refractivity contribution in [1.29, 1.82) is 0 Å². The fourth-order valence-corrected chi connectivity index (χ4v) is 6.18. The molecule has 2 unspecified atom stereocenters. The number of phosphoric ester groups is 1. The average Bonchev–Trinajstić information content (AvgIpc) is 3.17. The molecule has 0 aromatic rings. The van der Waals surface area contributed by atoms with E-state index in [-0.39, 0.29) is 38.8 Å². The van der Waals surface area contributed by atoms with E-state index in [9.17, 15) is 14.3 Å². The van der Waals surface area contributed by atoms with Crippen LogP contribution in [0.4, 0.5) is 0 Å². The van der Waals surface area contributed by atoms with Gasteiger partial charge in [0.05, 0.1) is 19.8 Å². The molecule has 0 aromatic heterocycles. The Morgan fingerprint density at radius 2 is 1.02 bits per heavy atom. The summed E-state index contributed by atoms with van der Waals surface area (Å²) in [5.41, 5.74) is 5.36. The van der Waals surface area contributed by atoms with Crippen LogP contribution < -0.4 is 5.73 Å². The van der Waals surface area contributed by atoms with Crippen LogP contribution in [0, 0.1) is 0 Å². The lowest BCUT2D eigenvalue weighted by atomic mass is 10.1. The molecule has 3 N–H and O–H groups in total. The highest BCUT2D eigenvalue weighted by atomic mass is 31.2. The molecule has 0 aliphatic heterocycles. The summed E-state index contributed by atoms with van der Waals surface area (Å²) < 4.78 is 33.3. The standard InChI is InChI=1S/C46H80NO7P/c1-3-5-7-9-11-13-15-17-19-21-22-23-24-26-28-30-32-34-36-38-41-51-43-45(44-53-55(49,50)52-42-40-47)54-46(48)39-37-35-33-31-29-27-25-20-18-16-14-12-10-8-6-4-2/h5,7,11,13,17,19-20,22-23,25-26,28,32,34,45H,3-4,6,8-10,12,14-16,18,21,24,27,29-31,33,35-44,47H2,1-2H3,(H,49,50)/b7-5-,13-11-,19-17-,23-22-,25-20-,28-26-,34-32-. The predicted molar refractivity (Wildman–Crippen MR) is 233 cm³/mol. The van der Waals surface area contributed by atoms with E-state index < -0.39 is 13.9 Å². The number of hydrogen-bond donors (Lipinski definition) is 2. The first-order valence-corrected chi connectivity index (χ1v) is 23.1. The summed E-state index contributed by atoms with van der Waals surface area (Å²) in [6, 6.07) is 0. The zero-order valence-electron chi connectivity index (χ0n) is 34.9. The molecular weight excluding hydrogens is 709 g/mol. The summed E-state index contributed by atoms with van der Waals surface area (Å²) in [7, 11) is -4.30. The van der Waals surface area contributed by atoms with Gasteiger partial charge in [0.1, 0.15) is 6.10 Å². The van der Waals surface area contributed by atoms with Crippen molar-refractivity contribution in [2.24, 2.45) is 5.73 Å². The Bertz CT molecular complexity index is 1110. The van der Waals surface area contributed by atoms with Crippen molar-refractivity contribution in [2.75, 3.05) is 33.0 Å². The molecule has 55 heavy (non-hydrogen) atoms. The van der Waals surface area contributed by atoms with Crippen LogP contribution in [0.1, 0.15) is 162 Å². The van der Waals surface area contributed by atoms with Gasteiger partial charge in [-0.05, 0) is 83.5 Å². The summed E-state index contributed by atoms with van der Waals surface area (Å²) in [6.07, 6.45) is 54.7. The Balaban J connectivity index is 4.18. The summed E-state index contributed by atoms with van der Waals surface area (Å²) in [5.74, 6) is -0.362. The van der Waals surface area contributed by atoms with E-state index >= 15 is 0 Å². The fraction of sp³-hybridized carbons (Fsp3) is 0.674. The van der Waals surface area contributed by atoms with Gasteiger partial charge in [-0.15, -0.1) is 0 Å². The monoisotopic (exact) mass is 790 g/mol. The van der Waals surface area contributed by atoms with E-state index in [0.29, 0.717) is 6.61 Å². The number of ether oxygens (including phenoxy) is 2. The van der Waals surface area contributed by atoms with Crippen LogP contribution in [0.25, 0.3) is 0 Å². The van der Waals surface area contributed by atoms with Gasteiger partial charge in [-0.1, -0.05) is 157 Å². The van der Waals surface area contributed by atoms with Crippen molar-refractivity contribution in [3.63, 3.8) is 0 Å². The number of allylic oxidation sites excluding steroid dienone is 14. The number of nitrogens with two attached hydrogens (primary N) is 1. The Morgan fingerprint density at radius 1 is 0.564 bits per heavy atom. The van der Waals surface area contributed by atoms with Crippen LogP contribution in [0.5, 0.6) is 0 Å². The van der Waals surface area contributed by atoms with E-state index in [2.05, 4.69) is 98.9 Å². The first-order valence-electron chi connectivity index (χ1n) is 21.6. The van der Waals surface area contributed by atoms with E-state index in [1.807, 2.05) is 0 Å². The van der Waals surface area contributed by atoms with Gasteiger partial charge in [-0.2, -0.15) is 0 Å². The molecule has 0 rings (SSSR count). The highest BCUT2D eigenvalue weighted by Crippen LogP contribution is 2.43. The Hall–Kier alpha value is -2.32. The summed E-state index contributed by atoms with van der Waals surface area (Å²) in [6.45, 7) is 4.61. The predicted octanol–water partition coefficient (Wildman–Crippen LogP) is 12.9. The molecule has 0 aliphatic carbocycles. The van der Waals surface area contributed by atoms with Gasteiger partial charge in [0.15, 0.2) is 0 Å². The molecule has 0 saturated heterocycles. The normalized spacial score (nSPS) is 14.3. The van der Waals surface area contributed by atoms with Gasteiger partial charge in [-0.3, -0.25) is 13.8 Å². The minimum absolute atomic E-state index is 0.0683. The average molecular weight is 790 g/mol. The number of rotatable bonds is 40. The molecule has 0 fully saturated rings. The molecule has 0 bridgehead atoms. The molecule has 8 nitrogen and oxygen atoms in total. The number of esters is 1. The number of carbonyl (C=O) groups is 1. The molecule has 0 saturated carbocycles. The maximum Gasteiger partial charge on any atom is 0.472 e. The molecule has 0 spiro atoms. The molecule has 0 radical (unpaired) electrons. The van der Waals surface area contributed by atoms with Gasteiger partial charge >= 0.3 is 13.8 Å². The lowest BCUT2D eigenvalue weighted by Gasteiger charge is -2.20. The smallest absolute Gasteiger partial charge is 0.457 e. The number of unbranched alkanes of at least 4 members (excludes halogenated alkanes) is 13. The maximum absolute atomic E-state index is 12.6. The number of carbonyl (C=O) groups excluding carboxylic acids is 1. The largest absolute Gasteiger partial charge is 0.472 e. The van der Waals surface area contributed by atoms with Crippen molar-refractivity contribution in [3.8, 4) is 0 Å². The minimum atomic E-state index is -4.30. The Morgan fingerprint density at radius 3 is 1.55 bits per heavy atom. The molecular formula is C46H80NO7P. The zero-order chi connectivity index (χ0) is 40.2. The van der Waals surface area contributed by atoms with Gasteiger partial charge < -0.3 is 20.1 Å². The van der Waals surface area contributed by atoms with Crippen LogP contribution in [0.2, 0.25) is 0 Å². The summed E-state index contributed by atoms with van der Waals surface area (Å²) in [4.78, 5) is 22.5. The lowest BCUT2D eigenvalue weighted by Crippen LogP contribution is -2.28. The number of phosphoric acid groups is 1. The van der Waals surface area contributed by atoms with E-state index in [4.69, 9.17) is 24.3 Å². The molecule has 0 heterocycles. The highest BCUT2D eigenvalue weighted by Gasteiger charge is 2.25. The summed E-state index contributed by atoms with van der Waals surface area (Å²) in [5, 5.41) is 0. The fourth-order valence-electron chi connectivity index (χ4n) is 5.42. The van der Waals surface area contributed by atoms with Crippen molar-refractivity contribution >= 4 is 13.8 Å². The second-order valence-corrected chi connectivity index (χ2v) is 15.3. The second kappa shape index (κ2) is 42.8. The van der Waals surface area contributed by atoms with Crippen LogP contribution >= 0.6 is 7.82 Å². The third-order valence-electron chi connectivity index (χ3n) is 8.55. The first-order chi connectivity index (χ1) is 26.9. The van der Waals surface area contributed by atoms with Gasteiger partial charge in [0, 0.05) is 19.6 Å². The SMILES string of the molecule is CC/C=C\C/C=C\C/C=C\C/C=C\C/C=C\C/C=C\CCCOCC(COP(=O)(O)OCCN)OC(=O)CCCCCCC/C=C\CCCCCCCCC. The van der Waals surface area contributed by atoms with Gasteiger partial charge in [0.25, 0.3) is 0 Å². The Kier molecular flexibility index (Phi) is 41.0. The van der Waals surface area contributed by atoms with Crippen molar-refractivity contribution < 1.29 is 32.8 Å². The quantitative estimate of drug-likeness (QED) is 0.0273. The minimum Gasteiger partial charge on any atom is -0.457 e. The van der Waals surface area contributed by atoms with Crippen LogP contribution in [-0.4, -0.2) is 49.9 Å². The third-order valence-corrected chi connectivity index (χ3v) is 9.53. The zero-order valence-corrected chi connectivity index (χ0v) is 35.8. The molecule has 0 aliphatic rings. The van der Waals surface area contributed by atoms with Crippen molar-refractivity contribution in [2.45, 2.75) is 168 Å². The van der Waals surface area contributed by atoms with Gasteiger partial charge in [-0.25, -0.2) is 4.57 Å². The van der Waals surface area contributed by atoms with Crippen molar-refractivity contribution in [3.05, 3.63) is 85.1 Å². The molecule has 316 valence electrons. The summed E-state index contributed by atoms with van der Waals surface area (Å²) >= 11 is 0. The third kappa shape index (κ3) is 42.7. The molecule has 0 aromatic carbocycles. The van der Waals surface area contributed by atoms with Crippen molar-refractivity contribution in [1.82, 2.24) is 0 Å². The lowest BCUT2D eigenvalue weighted by molar-refractivity contribution is -0.154. The van der Waals surface area contributed by atoms with Gasteiger partial charge in [0.2, 0.25) is 0 Å². The van der Waals surface area contributed by atoms with E-state index in [1.165, 1.54) is 57.8 Å². The Labute approximate surface area is 337 Å². The van der Waals surface area contributed by atoms with Crippen LogP contribution in [0.15, 0.2) is 85.1 Å². The first kappa shape index (κ1) is 52.7. The maximum atomic E-state index is 12.6. The molecule has 0 amide bonds. The second-order valence-electron chi connectivity index (χ2n) is 13.8. The van der Waals surface area contributed by atoms with Crippen LogP contribution in [0.3, 0.4) is 0 Å². The number of hydrogen-bond acceptors (Lipinski definition) is 7. The highest BCUT2D eigenvalue weighted by molar-refractivity contribution is 7.47. The van der Waals surface area contributed by atoms with E-state index in [0.717, 1.165) is 83.5 Å². The molecule has 9 heteroatoms. The van der Waals surface area contributed by atoms with E-state index in [1.54, 1.807) is 0 Å². The van der Waals surface area contributed by atoms with Crippen LogP contribution in [-0.2, 0) is 27.9 Å². The topological polar surface area (TPSA) is 117 Å².